The minimum atomic E-state index is -0.985. The zero-order valence-corrected chi connectivity index (χ0v) is 14.6. The SMILES string of the molecule is CCN(C(=O)Cc1nc(-c2cccs2)oc1C)c1ccc(F)c(F)c1. The van der Waals surface area contributed by atoms with Gasteiger partial charge in [-0.2, -0.15) is 0 Å². The number of rotatable bonds is 5. The van der Waals surface area contributed by atoms with Gasteiger partial charge in [-0.05, 0) is 37.4 Å². The molecule has 130 valence electrons. The Morgan fingerprint density at radius 1 is 1.28 bits per heavy atom. The van der Waals surface area contributed by atoms with E-state index in [2.05, 4.69) is 4.98 Å². The van der Waals surface area contributed by atoms with Crippen LogP contribution >= 0.6 is 11.3 Å². The lowest BCUT2D eigenvalue weighted by atomic mass is 10.2. The number of halogens is 2. The molecule has 3 aromatic rings. The minimum Gasteiger partial charge on any atom is -0.440 e. The van der Waals surface area contributed by atoms with Crippen molar-refractivity contribution in [1.82, 2.24) is 4.98 Å². The molecule has 25 heavy (non-hydrogen) atoms. The summed E-state index contributed by atoms with van der Waals surface area (Å²) in [6, 6.07) is 7.19. The normalized spacial score (nSPS) is 10.9. The molecule has 0 atom stereocenters. The molecule has 0 saturated carbocycles. The molecule has 0 radical (unpaired) electrons. The van der Waals surface area contributed by atoms with Gasteiger partial charge in [0.2, 0.25) is 11.8 Å². The molecule has 0 spiro atoms. The molecule has 1 amide bonds. The van der Waals surface area contributed by atoms with Crippen molar-refractivity contribution in [3.63, 3.8) is 0 Å². The maximum absolute atomic E-state index is 13.5. The topological polar surface area (TPSA) is 46.3 Å². The predicted octanol–water partition coefficient (Wildman–Crippen LogP) is 4.59. The molecule has 0 bridgehead atoms. The van der Waals surface area contributed by atoms with E-state index in [0.29, 0.717) is 29.6 Å². The molecule has 0 fully saturated rings. The average molecular weight is 362 g/mol. The molecule has 4 nitrogen and oxygen atoms in total. The number of aryl methyl sites for hydroxylation is 1. The monoisotopic (exact) mass is 362 g/mol. The molecule has 0 saturated heterocycles. The predicted molar refractivity (Wildman–Crippen MR) is 92.6 cm³/mol. The number of aromatic nitrogens is 1. The summed E-state index contributed by atoms with van der Waals surface area (Å²) in [7, 11) is 0. The maximum atomic E-state index is 13.5. The first-order valence-electron chi connectivity index (χ1n) is 7.75. The van der Waals surface area contributed by atoms with Crippen molar-refractivity contribution in [2.45, 2.75) is 20.3 Å². The third-order valence-corrected chi connectivity index (χ3v) is 4.63. The Morgan fingerprint density at radius 2 is 2.08 bits per heavy atom. The summed E-state index contributed by atoms with van der Waals surface area (Å²) in [5.74, 6) is -1.14. The highest BCUT2D eigenvalue weighted by molar-refractivity contribution is 7.13. The van der Waals surface area contributed by atoms with Gasteiger partial charge in [0.05, 0.1) is 17.0 Å². The van der Waals surface area contributed by atoms with E-state index < -0.39 is 11.6 Å². The van der Waals surface area contributed by atoms with Gasteiger partial charge in [-0.15, -0.1) is 11.3 Å². The molecule has 0 aliphatic heterocycles. The molecule has 0 aliphatic rings. The highest BCUT2D eigenvalue weighted by Gasteiger charge is 2.20. The van der Waals surface area contributed by atoms with E-state index in [9.17, 15) is 13.6 Å². The van der Waals surface area contributed by atoms with Gasteiger partial charge in [0, 0.05) is 18.3 Å². The molecule has 3 rings (SSSR count). The van der Waals surface area contributed by atoms with Crippen LogP contribution in [0.25, 0.3) is 10.8 Å². The van der Waals surface area contributed by atoms with Gasteiger partial charge in [0.15, 0.2) is 11.6 Å². The smallest absolute Gasteiger partial charge is 0.236 e. The van der Waals surface area contributed by atoms with Crippen molar-refractivity contribution in [3.05, 3.63) is 58.8 Å². The number of hydrogen-bond donors (Lipinski definition) is 0. The van der Waals surface area contributed by atoms with Gasteiger partial charge in [-0.25, -0.2) is 13.8 Å². The minimum absolute atomic E-state index is 0.0214. The van der Waals surface area contributed by atoms with Gasteiger partial charge in [-0.3, -0.25) is 4.79 Å². The number of amides is 1. The largest absolute Gasteiger partial charge is 0.440 e. The summed E-state index contributed by atoms with van der Waals surface area (Å²) in [6.07, 6.45) is 0.0214. The maximum Gasteiger partial charge on any atom is 0.236 e. The van der Waals surface area contributed by atoms with Crippen LogP contribution in [0.5, 0.6) is 0 Å². The third-order valence-electron chi connectivity index (χ3n) is 3.78. The van der Waals surface area contributed by atoms with Crippen molar-refractivity contribution in [2.75, 3.05) is 11.4 Å². The van der Waals surface area contributed by atoms with E-state index in [1.54, 1.807) is 13.8 Å². The van der Waals surface area contributed by atoms with E-state index in [0.717, 1.165) is 17.0 Å². The fourth-order valence-corrected chi connectivity index (χ4v) is 3.14. The van der Waals surface area contributed by atoms with Crippen LogP contribution in [0.1, 0.15) is 18.4 Å². The summed E-state index contributed by atoms with van der Waals surface area (Å²) < 4.78 is 32.2. The van der Waals surface area contributed by atoms with Crippen molar-refractivity contribution < 1.29 is 18.0 Å². The van der Waals surface area contributed by atoms with E-state index in [1.807, 2.05) is 17.5 Å². The lowest BCUT2D eigenvalue weighted by Crippen LogP contribution is -2.32. The van der Waals surface area contributed by atoms with Crippen LogP contribution in [0.2, 0.25) is 0 Å². The van der Waals surface area contributed by atoms with Crippen molar-refractivity contribution in [3.8, 4) is 10.8 Å². The number of benzene rings is 1. The summed E-state index contributed by atoms with van der Waals surface area (Å²) in [6.45, 7) is 3.85. The second-order valence-electron chi connectivity index (χ2n) is 5.41. The van der Waals surface area contributed by atoms with Crippen molar-refractivity contribution >= 4 is 22.9 Å². The molecule has 7 heteroatoms. The zero-order chi connectivity index (χ0) is 18.0. The standard InChI is InChI=1S/C18H16F2N2O2S/c1-3-22(12-6-7-13(19)14(20)9-12)17(23)10-15-11(2)24-18(21-15)16-5-4-8-25-16/h4-9H,3,10H2,1-2H3. The van der Waals surface area contributed by atoms with Crippen LogP contribution in [-0.2, 0) is 11.2 Å². The molecule has 0 N–H and O–H groups in total. The molecular formula is C18H16F2N2O2S. The fourth-order valence-electron chi connectivity index (χ4n) is 2.49. The third kappa shape index (κ3) is 3.61. The molecule has 2 heterocycles. The number of carbonyl (C=O) groups excluding carboxylic acids is 1. The summed E-state index contributed by atoms with van der Waals surface area (Å²) in [4.78, 5) is 19.3. The van der Waals surface area contributed by atoms with Crippen molar-refractivity contribution in [1.29, 1.82) is 0 Å². The van der Waals surface area contributed by atoms with Crippen LogP contribution in [0, 0.1) is 18.6 Å². The van der Waals surface area contributed by atoms with E-state index in [-0.39, 0.29) is 12.3 Å². The highest BCUT2D eigenvalue weighted by Crippen LogP contribution is 2.26. The Morgan fingerprint density at radius 3 is 2.72 bits per heavy atom. The van der Waals surface area contributed by atoms with Crippen LogP contribution in [0.4, 0.5) is 14.5 Å². The van der Waals surface area contributed by atoms with Gasteiger partial charge < -0.3 is 9.32 Å². The lowest BCUT2D eigenvalue weighted by Gasteiger charge is -2.20. The summed E-state index contributed by atoms with van der Waals surface area (Å²) in [5.41, 5.74) is 0.848. The van der Waals surface area contributed by atoms with Gasteiger partial charge >= 0.3 is 0 Å². The van der Waals surface area contributed by atoms with Gasteiger partial charge in [0.1, 0.15) is 5.76 Å². The van der Waals surface area contributed by atoms with Crippen LogP contribution in [-0.4, -0.2) is 17.4 Å². The average Bonchev–Trinajstić information content (AvgIpc) is 3.22. The first-order chi connectivity index (χ1) is 12.0. The van der Waals surface area contributed by atoms with Crippen LogP contribution < -0.4 is 4.90 Å². The van der Waals surface area contributed by atoms with E-state index >= 15 is 0 Å². The number of carbonyl (C=O) groups is 1. The van der Waals surface area contributed by atoms with Crippen LogP contribution in [0.3, 0.4) is 0 Å². The number of nitrogens with zero attached hydrogens (tertiary/aromatic N) is 2. The Balaban J connectivity index is 1.81. The van der Waals surface area contributed by atoms with Gasteiger partial charge in [-0.1, -0.05) is 6.07 Å². The Labute approximate surface area is 147 Å². The van der Waals surface area contributed by atoms with Gasteiger partial charge in [0.25, 0.3) is 0 Å². The first-order valence-corrected chi connectivity index (χ1v) is 8.63. The van der Waals surface area contributed by atoms with E-state index in [1.165, 1.54) is 22.3 Å². The Bertz CT molecular complexity index is 891. The first kappa shape index (κ1) is 17.3. The second kappa shape index (κ2) is 7.14. The van der Waals surface area contributed by atoms with Crippen molar-refractivity contribution in [2.24, 2.45) is 0 Å². The number of anilines is 1. The number of oxazole rings is 1. The second-order valence-corrected chi connectivity index (χ2v) is 6.36. The quantitative estimate of drug-likeness (QED) is 0.667. The zero-order valence-electron chi connectivity index (χ0n) is 13.8. The molecule has 1 aromatic carbocycles. The summed E-state index contributed by atoms with van der Waals surface area (Å²) >= 11 is 1.50. The number of likely N-dealkylation sites (N-methyl/N-ethyl adjacent to an activating group) is 1. The Hall–Kier alpha value is -2.54. The highest BCUT2D eigenvalue weighted by atomic mass is 32.1. The molecule has 0 unspecified atom stereocenters. The summed E-state index contributed by atoms with van der Waals surface area (Å²) in [5, 5.41) is 1.92. The number of thiophene rings is 1. The lowest BCUT2D eigenvalue weighted by molar-refractivity contribution is -0.118. The fraction of sp³-hybridized carbons (Fsp3) is 0.222. The molecule has 0 aliphatic carbocycles. The Kier molecular flexibility index (Phi) is 4.94. The van der Waals surface area contributed by atoms with E-state index in [4.69, 9.17) is 4.42 Å². The number of hydrogen-bond acceptors (Lipinski definition) is 4. The molecular weight excluding hydrogens is 346 g/mol. The molecule has 2 aromatic heterocycles. The van der Waals surface area contributed by atoms with Crippen LogP contribution in [0.15, 0.2) is 40.1 Å².